The lowest BCUT2D eigenvalue weighted by atomic mass is 10.2. The Hall–Kier alpha value is -2.40. The van der Waals surface area contributed by atoms with Crippen LogP contribution in [0.15, 0.2) is 42.5 Å². The molecular weight excluding hydrogens is 246 g/mol. The molecule has 0 aliphatic rings. The lowest BCUT2D eigenvalue weighted by Crippen LogP contribution is -2.05. The van der Waals surface area contributed by atoms with Crippen molar-refractivity contribution in [3.8, 4) is 5.75 Å². The van der Waals surface area contributed by atoms with E-state index >= 15 is 0 Å². The number of benzene rings is 1. The first-order valence-electron chi connectivity index (χ1n) is 5.71. The molecule has 0 spiro atoms. The molecule has 2 aromatic rings. The maximum atomic E-state index is 10.8. The van der Waals surface area contributed by atoms with E-state index in [1.165, 1.54) is 6.07 Å². The van der Waals surface area contributed by atoms with Gasteiger partial charge >= 0.3 is 5.97 Å². The van der Waals surface area contributed by atoms with Gasteiger partial charge in [0.1, 0.15) is 18.1 Å². The van der Waals surface area contributed by atoms with E-state index in [0.29, 0.717) is 11.4 Å². The fourth-order valence-corrected chi connectivity index (χ4v) is 1.57. The minimum atomic E-state index is -1.07. The molecule has 0 aliphatic carbocycles. The summed E-state index contributed by atoms with van der Waals surface area (Å²) in [5.74, 6) is -0.460. The molecule has 0 bridgehead atoms. The van der Waals surface area contributed by atoms with Gasteiger partial charge in [0.05, 0.1) is 12.3 Å². The molecule has 98 valence electrons. The maximum Gasteiger partial charge on any atom is 0.354 e. The minimum absolute atomic E-state index is 0.00907. The third-order valence-electron chi connectivity index (χ3n) is 2.49. The lowest BCUT2D eigenvalue weighted by Gasteiger charge is -2.07. The van der Waals surface area contributed by atoms with Crippen LogP contribution in [-0.2, 0) is 13.2 Å². The molecule has 0 amide bonds. The summed E-state index contributed by atoms with van der Waals surface area (Å²) in [5, 5.41) is 17.8. The van der Waals surface area contributed by atoms with Crippen LogP contribution in [-0.4, -0.2) is 21.2 Å². The molecule has 1 heterocycles. The van der Waals surface area contributed by atoms with Crippen molar-refractivity contribution in [1.82, 2.24) is 4.98 Å². The zero-order chi connectivity index (χ0) is 13.7. The first-order valence-corrected chi connectivity index (χ1v) is 5.71. The molecule has 1 aromatic heterocycles. The van der Waals surface area contributed by atoms with Gasteiger partial charge in [0.2, 0.25) is 0 Å². The molecule has 0 radical (unpaired) electrons. The van der Waals surface area contributed by atoms with E-state index in [1.807, 2.05) is 0 Å². The number of aliphatic hydroxyl groups excluding tert-OH is 1. The molecule has 5 heteroatoms. The van der Waals surface area contributed by atoms with Gasteiger partial charge in [-0.05, 0) is 29.8 Å². The fourth-order valence-electron chi connectivity index (χ4n) is 1.57. The highest BCUT2D eigenvalue weighted by Gasteiger charge is 2.05. The highest BCUT2D eigenvalue weighted by molar-refractivity contribution is 5.85. The summed E-state index contributed by atoms with van der Waals surface area (Å²) in [5.41, 5.74) is 1.28. The maximum absolute atomic E-state index is 10.8. The van der Waals surface area contributed by atoms with Gasteiger partial charge in [0.25, 0.3) is 0 Å². The fraction of sp³-hybridized carbons (Fsp3) is 0.143. The number of carbonyl (C=O) groups is 1. The van der Waals surface area contributed by atoms with Gasteiger partial charge in [0.15, 0.2) is 0 Å². The summed E-state index contributed by atoms with van der Waals surface area (Å²) < 4.78 is 5.50. The summed E-state index contributed by atoms with van der Waals surface area (Å²) in [7, 11) is 0. The van der Waals surface area contributed by atoms with Crippen LogP contribution in [0.5, 0.6) is 5.75 Å². The van der Waals surface area contributed by atoms with E-state index in [2.05, 4.69) is 4.98 Å². The Morgan fingerprint density at radius 3 is 2.74 bits per heavy atom. The number of rotatable bonds is 5. The number of ether oxygens (including phenoxy) is 1. The first-order chi connectivity index (χ1) is 9.19. The molecule has 0 unspecified atom stereocenters. The molecule has 0 aliphatic heterocycles. The Morgan fingerprint density at radius 1 is 1.21 bits per heavy atom. The normalized spacial score (nSPS) is 10.2. The second kappa shape index (κ2) is 5.97. The predicted octanol–water partition coefficient (Wildman–Crippen LogP) is 1.85. The summed E-state index contributed by atoms with van der Waals surface area (Å²) in [6.07, 6.45) is 0. The van der Waals surface area contributed by atoms with Gasteiger partial charge in [-0.1, -0.05) is 18.2 Å². The number of carboxylic acids is 1. The molecular formula is C14H13NO4. The number of hydrogen-bond acceptors (Lipinski definition) is 4. The van der Waals surface area contributed by atoms with Crippen molar-refractivity contribution in [3.05, 3.63) is 59.4 Å². The van der Waals surface area contributed by atoms with Crippen molar-refractivity contribution in [1.29, 1.82) is 0 Å². The van der Waals surface area contributed by atoms with Crippen LogP contribution in [0.3, 0.4) is 0 Å². The predicted molar refractivity (Wildman–Crippen MR) is 67.9 cm³/mol. The molecule has 0 saturated heterocycles. The average Bonchev–Trinajstić information content (AvgIpc) is 2.45. The van der Waals surface area contributed by atoms with E-state index in [-0.39, 0.29) is 18.9 Å². The molecule has 0 atom stereocenters. The van der Waals surface area contributed by atoms with Crippen LogP contribution >= 0.6 is 0 Å². The van der Waals surface area contributed by atoms with Gasteiger partial charge < -0.3 is 14.9 Å². The van der Waals surface area contributed by atoms with Crippen LogP contribution in [0.2, 0.25) is 0 Å². The van der Waals surface area contributed by atoms with Crippen molar-refractivity contribution in [2.24, 2.45) is 0 Å². The Bertz CT molecular complexity index is 583. The van der Waals surface area contributed by atoms with Gasteiger partial charge in [-0.25, -0.2) is 9.78 Å². The SMILES string of the molecule is O=C(O)c1cccc(COc2cccc(CO)c2)n1. The number of nitrogens with zero attached hydrogens (tertiary/aromatic N) is 1. The second-order valence-corrected chi connectivity index (χ2v) is 3.91. The van der Waals surface area contributed by atoms with Crippen molar-refractivity contribution >= 4 is 5.97 Å². The van der Waals surface area contributed by atoms with Crippen LogP contribution in [0.25, 0.3) is 0 Å². The van der Waals surface area contributed by atoms with E-state index < -0.39 is 5.97 Å². The van der Waals surface area contributed by atoms with Crippen molar-refractivity contribution in [2.45, 2.75) is 13.2 Å². The zero-order valence-electron chi connectivity index (χ0n) is 10.1. The number of aliphatic hydroxyl groups is 1. The third-order valence-corrected chi connectivity index (χ3v) is 2.49. The molecule has 1 aromatic carbocycles. The number of aromatic carboxylic acids is 1. The molecule has 19 heavy (non-hydrogen) atoms. The summed E-state index contributed by atoms with van der Waals surface area (Å²) in [4.78, 5) is 14.7. The van der Waals surface area contributed by atoms with Gasteiger partial charge in [-0.2, -0.15) is 0 Å². The summed E-state index contributed by atoms with van der Waals surface area (Å²) in [6.45, 7) is 0.125. The molecule has 5 nitrogen and oxygen atoms in total. The van der Waals surface area contributed by atoms with Crippen LogP contribution in [0.1, 0.15) is 21.7 Å². The highest BCUT2D eigenvalue weighted by atomic mass is 16.5. The number of carboxylic acid groups (broad SMARTS) is 1. The lowest BCUT2D eigenvalue weighted by molar-refractivity contribution is 0.0690. The summed E-state index contributed by atoms with van der Waals surface area (Å²) in [6, 6.07) is 11.8. The molecule has 2 rings (SSSR count). The zero-order valence-corrected chi connectivity index (χ0v) is 10.1. The topological polar surface area (TPSA) is 79.7 Å². The van der Waals surface area contributed by atoms with Gasteiger partial charge in [-0.15, -0.1) is 0 Å². The standard InChI is InChI=1S/C14H13NO4/c16-8-10-3-1-5-12(7-10)19-9-11-4-2-6-13(15-11)14(17)18/h1-7,16H,8-9H2,(H,17,18). The average molecular weight is 259 g/mol. The smallest absolute Gasteiger partial charge is 0.354 e. The van der Waals surface area contributed by atoms with Crippen molar-refractivity contribution in [2.75, 3.05) is 0 Å². The first kappa shape index (κ1) is 13.0. The van der Waals surface area contributed by atoms with Crippen molar-refractivity contribution in [3.63, 3.8) is 0 Å². The Morgan fingerprint density at radius 2 is 2.00 bits per heavy atom. The number of hydrogen-bond donors (Lipinski definition) is 2. The third kappa shape index (κ3) is 3.53. The van der Waals surface area contributed by atoms with E-state index in [4.69, 9.17) is 14.9 Å². The van der Waals surface area contributed by atoms with Crippen molar-refractivity contribution < 1.29 is 19.7 Å². The Balaban J connectivity index is 2.05. The van der Waals surface area contributed by atoms with E-state index in [1.54, 1.807) is 36.4 Å². The number of aromatic nitrogens is 1. The molecule has 0 fully saturated rings. The van der Waals surface area contributed by atoms with E-state index in [9.17, 15) is 4.79 Å². The second-order valence-electron chi connectivity index (χ2n) is 3.91. The summed E-state index contributed by atoms with van der Waals surface area (Å²) >= 11 is 0. The molecule has 2 N–H and O–H groups in total. The van der Waals surface area contributed by atoms with E-state index in [0.717, 1.165) is 5.56 Å². The molecule has 0 saturated carbocycles. The minimum Gasteiger partial charge on any atom is -0.487 e. The Labute approximate surface area is 110 Å². The van der Waals surface area contributed by atoms with Crippen LogP contribution in [0.4, 0.5) is 0 Å². The highest BCUT2D eigenvalue weighted by Crippen LogP contribution is 2.14. The van der Waals surface area contributed by atoms with Crippen LogP contribution in [0, 0.1) is 0 Å². The van der Waals surface area contributed by atoms with Gasteiger partial charge in [-0.3, -0.25) is 0 Å². The Kier molecular flexibility index (Phi) is 4.10. The monoisotopic (exact) mass is 259 g/mol. The largest absolute Gasteiger partial charge is 0.487 e. The van der Waals surface area contributed by atoms with Gasteiger partial charge in [0, 0.05) is 0 Å². The quantitative estimate of drug-likeness (QED) is 0.856. The number of pyridine rings is 1. The van der Waals surface area contributed by atoms with Crippen LogP contribution < -0.4 is 4.74 Å².